The maximum Gasteiger partial charge on any atom is 0.206 e. The van der Waals surface area contributed by atoms with Gasteiger partial charge in [-0.3, -0.25) is 4.98 Å². The van der Waals surface area contributed by atoms with Crippen molar-refractivity contribution in [2.75, 3.05) is 5.73 Å². The van der Waals surface area contributed by atoms with E-state index in [0.717, 1.165) is 16.7 Å². The molecule has 0 spiro atoms. The lowest BCUT2D eigenvalue weighted by Gasteiger charge is -2.10. The number of nitrogens with two attached hydrogens (primary N) is 1. The van der Waals surface area contributed by atoms with E-state index in [2.05, 4.69) is 4.98 Å². The van der Waals surface area contributed by atoms with Gasteiger partial charge < -0.3 is 5.73 Å². The number of nitrogens with zero attached hydrogens (tertiary/aromatic N) is 1. The Hall–Kier alpha value is -2.66. The summed E-state index contributed by atoms with van der Waals surface area (Å²) >= 11 is 0. The van der Waals surface area contributed by atoms with E-state index in [1.54, 1.807) is 36.7 Å². The van der Waals surface area contributed by atoms with Gasteiger partial charge in [0.2, 0.25) is 9.84 Å². The number of anilines is 1. The Kier molecular flexibility index (Phi) is 3.88. The Labute approximate surface area is 135 Å². The smallest absolute Gasteiger partial charge is 0.206 e. The number of sulfone groups is 1. The van der Waals surface area contributed by atoms with Crippen molar-refractivity contribution in [2.45, 2.75) is 16.7 Å². The molecule has 0 fully saturated rings. The fourth-order valence-corrected chi connectivity index (χ4v) is 3.67. The lowest BCUT2D eigenvalue weighted by molar-refractivity contribution is 0.596. The SMILES string of the molecule is Cc1ccc(S(=O)(=O)c2ccc(N)cc2)cc1-c1cccnc1. The molecule has 23 heavy (non-hydrogen) atoms. The molecule has 3 aromatic rings. The number of benzene rings is 2. The zero-order valence-corrected chi connectivity index (χ0v) is 13.4. The van der Waals surface area contributed by atoms with Crippen LogP contribution in [-0.4, -0.2) is 13.4 Å². The third-order valence-corrected chi connectivity index (χ3v) is 5.45. The monoisotopic (exact) mass is 324 g/mol. The van der Waals surface area contributed by atoms with Crippen molar-refractivity contribution in [3.05, 3.63) is 72.6 Å². The second kappa shape index (κ2) is 5.85. The highest BCUT2D eigenvalue weighted by molar-refractivity contribution is 7.91. The molecule has 0 unspecified atom stereocenters. The Bertz CT molecular complexity index is 935. The average molecular weight is 324 g/mol. The maximum absolute atomic E-state index is 12.8. The predicted molar refractivity (Wildman–Crippen MR) is 90.7 cm³/mol. The minimum Gasteiger partial charge on any atom is -0.399 e. The molecule has 1 aromatic heterocycles. The highest BCUT2D eigenvalue weighted by Gasteiger charge is 2.18. The number of hydrogen-bond acceptors (Lipinski definition) is 4. The van der Waals surface area contributed by atoms with Gasteiger partial charge in [-0.25, -0.2) is 8.42 Å². The van der Waals surface area contributed by atoms with E-state index in [-0.39, 0.29) is 9.79 Å². The quantitative estimate of drug-likeness (QED) is 0.749. The number of aryl methyl sites for hydroxylation is 1. The number of aromatic nitrogens is 1. The van der Waals surface area contributed by atoms with Crippen molar-refractivity contribution in [3.8, 4) is 11.1 Å². The number of hydrogen-bond donors (Lipinski definition) is 1. The molecule has 2 aromatic carbocycles. The normalized spacial score (nSPS) is 11.3. The molecule has 0 aliphatic rings. The van der Waals surface area contributed by atoms with Crippen LogP contribution in [-0.2, 0) is 9.84 Å². The molecule has 2 N–H and O–H groups in total. The van der Waals surface area contributed by atoms with Gasteiger partial charge in [-0.2, -0.15) is 0 Å². The van der Waals surface area contributed by atoms with Gasteiger partial charge in [0.1, 0.15) is 0 Å². The molecular weight excluding hydrogens is 308 g/mol. The number of pyridine rings is 1. The van der Waals surface area contributed by atoms with Crippen LogP contribution in [0, 0.1) is 6.92 Å². The first-order valence-electron chi connectivity index (χ1n) is 7.10. The van der Waals surface area contributed by atoms with Crippen LogP contribution in [0.25, 0.3) is 11.1 Å². The average Bonchev–Trinajstić information content (AvgIpc) is 2.56. The zero-order chi connectivity index (χ0) is 16.4. The van der Waals surface area contributed by atoms with Gasteiger partial charge in [-0.1, -0.05) is 12.1 Å². The van der Waals surface area contributed by atoms with Crippen molar-refractivity contribution in [2.24, 2.45) is 0 Å². The summed E-state index contributed by atoms with van der Waals surface area (Å²) in [5, 5.41) is 0. The van der Waals surface area contributed by atoms with Crippen molar-refractivity contribution in [3.63, 3.8) is 0 Å². The van der Waals surface area contributed by atoms with Crippen molar-refractivity contribution in [1.29, 1.82) is 0 Å². The van der Waals surface area contributed by atoms with Crippen LogP contribution in [0.3, 0.4) is 0 Å². The first-order chi connectivity index (χ1) is 11.0. The molecule has 0 saturated heterocycles. The van der Waals surface area contributed by atoms with Gasteiger partial charge in [0, 0.05) is 23.6 Å². The van der Waals surface area contributed by atoms with E-state index in [4.69, 9.17) is 5.73 Å². The zero-order valence-electron chi connectivity index (χ0n) is 12.6. The minimum absolute atomic E-state index is 0.229. The van der Waals surface area contributed by atoms with E-state index in [1.807, 2.05) is 25.1 Å². The summed E-state index contributed by atoms with van der Waals surface area (Å²) in [5.41, 5.74) is 8.90. The van der Waals surface area contributed by atoms with Gasteiger partial charge in [0.15, 0.2) is 0 Å². The van der Waals surface area contributed by atoms with Crippen LogP contribution >= 0.6 is 0 Å². The van der Waals surface area contributed by atoms with E-state index >= 15 is 0 Å². The summed E-state index contributed by atoms with van der Waals surface area (Å²) in [6.45, 7) is 1.95. The number of rotatable bonds is 3. The second-order valence-electron chi connectivity index (χ2n) is 5.29. The predicted octanol–water partition coefficient (Wildman–Crippen LogP) is 3.47. The third kappa shape index (κ3) is 2.96. The highest BCUT2D eigenvalue weighted by Crippen LogP contribution is 2.29. The minimum atomic E-state index is -3.58. The highest BCUT2D eigenvalue weighted by atomic mass is 32.2. The van der Waals surface area contributed by atoms with E-state index in [9.17, 15) is 8.42 Å². The fraction of sp³-hybridized carbons (Fsp3) is 0.0556. The lowest BCUT2D eigenvalue weighted by atomic mass is 10.0. The van der Waals surface area contributed by atoms with Gasteiger partial charge >= 0.3 is 0 Å². The maximum atomic E-state index is 12.8. The summed E-state index contributed by atoms with van der Waals surface area (Å²) in [4.78, 5) is 4.58. The first-order valence-corrected chi connectivity index (χ1v) is 8.58. The van der Waals surface area contributed by atoms with E-state index < -0.39 is 9.84 Å². The Morgan fingerprint density at radius 1 is 0.957 bits per heavy atom. The van der Waals surface area contributed by atoms with Crippen LogP contribution in [0.15, 0.2) is 76.8 Å². The molecule has 116 valence electrons. The molecule has 0 atom stereocenters. The molecular formula is C18H16N2O2S. The van der Waals surface area contributed by atoms with E-state index in [0.29, 0.717) is 5.69 Å². The van der Waals surface area contributed by atoms with Gasteiger partial charge in [-0.15, -0.1) is 0 Å². The molecule has 0 bridgehead atoms. The largest absolute Gasteiger partial charge is 0.399 e. The lowest BCUT2D eigenvalue weighted by Crippen LogP contribution is -2.03. The molecule has 0 radical (unpaired) electrons. The molecule has 0 amide bonds. The second-order valence-corrected chi connectivity index (χ2v) is 7.24. The van der Waals surface area contributed by atoms with Crippen molar-refractivity contribution < 1.29 is 8.42 Å². The Morgan fingerprint density at radius 3 is 2.30 bits per heavy atom. The Morgan fingerprint density at radius 2 is 1.65 bits per heavy atom. The van der Waals surface area contributed by atoms with Crippen LogP contribution in [0.1, 0.15) is 5.56 Å². The summed E-state index contributed by atoms with van der Waals surface area (Å²) in [7, 11) is -3.58. The Balaban J connectivity index is 2.12. The van der Waals surface area contributed by atoms with Crippen LogP contribution in [0.5, 0.6) is 0 Å². The number of nitrogen functional groups attached to an aromatic ring is 1. The van der Waals surface area contributed by atoms with Gasteiger partial charge in [0.25, 0.3) is 0 Å². The summed E-state index contributed by atoms with van der Waals surface area (Å²) in [6, 6.07) is 15.1. The molecule has 3 rings (SSSR count). The van der Waals surface area contributed by atoms with Crippen LogP contribution in [0.4, 0.5) is 5.69 Å². The molecule has 4 nitrogen and oxygen atoms in total. The van der Waals surface area contributed by atoms with Crippen LogP contribution < -0.4 is 5.73 Å². The molecule has 0 aliphatic carbocycles. The van der Waals surface area contributed by atoms with Crippen molar-refractivity contribution in [1.82, 2.24) is 4.98 Å². The van der Waals surface area contributed by atoms with Crippen molar-refractivity contribution >= 4 is 15.5 Å². The molecule has 5 heteroatoms. The van der Waals surface area contributed by atoms with Gasteiger partial charge in [0.05, 0.1) is 9.79 Å². The summed E-state index contributed by atoms with van der Waals surface area (Å²) < 4.78 is 25.6. The summed E-state index contributed by atoms with van der Waals surface area (Å²) in [5.74, 6) is 0. The topological polar surface area (TPSA) is 73.0 Å². The third-order valence-electron chi connectivity index (χ3n) is 3.68. The van der Waals surface area contributed by atoms with Crippen LogP contribution in [0.2, 0.25) is 0 Å². The summed E-state index contributed by atoms with van der Waals surface area (Å²) in [6.07, 6.45) is 3.41. The molecule has 0 aliphatic heterocycles. The first kappa shape index (κ1) is 15.2. The van der Waals surface area contributed by atoms with Gasteiger partial charge in [-0.05, 0) is 60.5 Å². The molecule has 1 heterocycles. The standard InChI is InChI=1S/C18H16N2O2S/c1-13-4-7-17(11-18(13)14-3-2-10-20-12-14)23(21,22)16-8-5-15(19)6-9-16/h2-12H,19H2,1H3. The fourth-order valence-electron chi connectivity index (χ4n) is 2.38. The molecule has 0 saturated carbocycles. The van der Waals surface area contributed by atoms with E-state index in [1.165, 1.54) is 12.1 Å².